The van der Waals surface area contributed by atoms with Crippen LogP contribution < -0.4 is 15.0 Å². The number of nitrogens with one attached hydrogen (secondary N) is 1. The number of benzene rings is 3. The molecule has 3 aromatic rings. The normalized spacial score (nSPS) is 12.6. The highest BCUT2D eigenvalue weighted by Gasteiger charge is 2.36. The van der Waals surface area contributed by atoms with E-state index in [4.69, 9.17) is 4.74 Å². The first-order valence-corrected chi connectivity index (χ1v) is 10.0. The van der Waals surface area contributed by atoms with Gasteiger partial charge in [0.2, 0.25) is 5.91 Å². The lowest BCUT2D eigenvalue weighted by Gasteiger charge is -2.15. The Morgan fingerprint density at radius 3 is 2.29 bits per heavy atom. The third-order valence-electron chi connectivity index (χ3n) is 5.32. The van der Waals surface area contributed by atoms with Gasteiger partial charge in [0.1, 0.15) is 5.75 Å². The predicted molar refractivity (Wildman–Crippen MR) is 119 cm³/mol. The molecule has 156 valence electrons. The summed E-state index contributed by atoms with van der Waals surface area (Å²) < 4.78 is 5.74. The lowest BCUT2D eigenvalue weighted by molar-refractivity contribution is -0.116. The van der Waals surface area contributed by atoms with E-state index in [2.05, 4.69) is 5.32 Å². The van der Waals surface area contributed by atoms with Gasteiger partial charge in [0.25, 0.3) is 11.8 Å². The molecule has 0 spiro atoms. The van der Waals surface area contributed by atoms with Crippen molar-refractivity contribution in [3.63, 3.8) is 0 Å². The maximum atomic E-state index is 12.7. The predicted octanol–water partition coefficient (Wildman–Crippen LogP) is 4.51. The van der Waals surface area contributed by atoms with Crippen LogP contribution in [0.15, 0.2) is 66.7 Å². The fourth-order valence-corrected chi connectivity index (χ4v) is 3.50. The molecule has 0 radical (unpaired) electrons. The van der Waals surface area contributed by atoms with Gasteiger partial charge < -0.3 is 10.1 Å². The summed E-state index contributed by atoms with van der Waals surface area (Å²) in [5.74, 6) is -0.192. The molecule has 0 aliphatic carbocycles. The van der Waals surface area contributed by atoms with E-state index in [0.717, 1.165) is 21.8 Å². The molecular formula is C25H22N2O4. The van der Waals surface area contributed by atoms with Gasteiger partial charge in [-0.2, -0.15) is 0 Å². The Bertz CT molecular complexity index is 1150. The molecule has 0 saturated carbocycles. The van der Waals surface area contributed by atoms with Crippen molar-refractivity contribution in [2.75, 3.05) is 16.8 Å². The van der Waals surface area contributed by atoms with Gasteiger partial charge in [0.15, 0.2) is 0 Å². The lowest BCUT2D eigenvalue weighted by Crippen LogP contribution is -2.29. The van der Waals surface area contributed by atoms with E-state index in [1.807, 2.05) is 32.0 Å². The first kappa shape index (κ1) is 20.3. The monoisotopic (exact) mass is 414 g/mol. The number of hydrogen-bond acceptors (Lipinski definition) is 4. The van der Waals surface area contributed by atoms with Crippen LogP contribution in [-0.2, 0) is 4.79 Å². The van der Waals surface area contributed by atoms with Crippen LogP contribution in [0.4, 0.5) is 11.4 Å². The molecule has 0 fully saturated rings. The first-order valence-electron chi connectivity index (χ1n) is 10.0. The number of fused-ring (bicyclic) bond motifs is 1. The van der Waals surface area contributed by atoms with Crippen molar-refractivity contribution < 1.29 is 19.1 Å². The third-order valence-corrected chi connectivity index (χ3v) is 5.32. The first-order chi connectivity index (χ1) is 15.0. The van der Waals surface area contributed by atoms with E-state index >= 15 is 0 Å². The second-order valence-electron chi connectivity index (χ2n) is 7.39. The quantitative estimate of drug-likeness (QED) is 0.602. The highest BCUT2D eigenvalue weighted by molar-refractivity contribution is 6.34. The van der Waals surface area contributed by atoms with Gasteiger partial charge in [0, 0.05) is 5.69 Å². The van der Waals surface area contributed by atoms with Crippen LogP contribution in [0.5, 0.6) is 5.75 Å². The molecule has 3 aromatic carbocycles. The Morgan fingerprint density at radius 2 is 1.58 bits per heavy atom. The molecule has 1 heterocycles. The molecule has 0 bridgehead atoms. The Morgan fingerprint density at radius 1 is 0.903 bits per heavy atom. The maximum absolute atomic E-state index is 12.7. The summed E-state index contributed by atoms with van der Waals surface area (Å²) in [6, 6.07) is 19.2. The number of anilines is 2. The summed E-state index contributed by atoms with van der Waals surface area (Å²) in [5.41, 5.74) is 3.86. The van der Waals surface area contributed by atoms with Gasteiger partial charge in [-0.3, -0.25) is 14.4 Å². The molecule has 4 rings (SSSR count). The molecule has 0 saturated heterocycles. The number of ether oxygens (including phenoxy) is 1. The van der Waals surface area contributed by atoms with Gasteiger partial charge >= 0.3 is 0 Å². The van der Waals surface area contributed by atoms with Crippen LogP contribution in [0, 0.1) is 13.8 Å². The van der Waals surface area contributed by atoms with Crippen LogP contribution in [0.2, 0.25) is 0 Å². The fraction of sp³-hybridized carbons (Fsp3) is 0.160. The van der Waals surface area contributed by atoms with E-state index < -0.39 is 0 Å². The number of imide groups is 1. The molecule has 0 unspecified atom stereocenters. The highest BCUT2D eigenvalue weighted by atomic mass is 16.5. The average molecular weight is 414 g/mol. The second kappa shape index (κ2) is 8.44. The summed E-state index contributed by atoms with van der Waals surface area (Å²) in [6.07, 6.45) is 0.171. The molecule has 1 N–H and O–H groups in total. The molecule has 1 aliphatic rings. The van der Waals surface area contributed by atoms with Crippen molar-refractivity contribution in [1.29, 1.82) is 0 Å². The van der Waals surface area contributed by atoms with Crippen LogP contribution in [0.1, 0.15) is 38.3 Å². The number of nitrogens with zero attached hydrogens (tertiary/aromatic N) is 1. The van der Waals surface area contributed by atoms with Crippen LogP contribution in [0.3, 0.4) is 0 Å². The van der Waals surface area contributed by atoms with Crippen molar-refractivity contribution in [2.45, 2.75) is 20.3 Å². The number of aryl methyl sites for hydroxylation is 1. The fourth-order valence-electron chi connectivity index (χ4n) is 3.50. The van der Waals surface area contributed by atoms with Crippen LogP contribution in [-0.4, -0.2) is 24.3 Å². The van der Waals surface area contributed by atoms with Crippen molar-refractivity contribution in [2.24, 2.45) is 0 Å². The second-order valence-corrected chi connectivity index (χ2v) is 7.39. The number of amides is 3. The number of hydrogen-bond donors (Lipinski definition) is 1. The van der Waals surface area contributed by atoms with E-state index in [-0.39, 0.29) is 30.7 Å². The van der Waals surface area contributed by atoms with E-state index in [9.17, 15) is 14.4 Å². The molecule has 6 heteroatoms. The molecule has 0 atom stereocenters. The van der Waals surface area contributed by atoms with E-state index in [0.29, 0.717) is 22.5 Å². The van der Waals surface area contributed by atoms with Gasteiger partial charge in [-0.1, -0.05) is 30.3 Å². The molecule has 3 amide bonds. The van der Waals surface area contributed by atoms with E-state index in [1.165, 1.54) is 0 Å². The minimum Gasteiger partial charge on any atom is -0.493 e. The zero-order valence-corrected chi connectivity index (χ0v) is 17.3. The number of carbonyl (C=O) groups excluding carboxylic acids is 3. The average Bonchev–Trinajstić information content (AvgIpc) is 3.02. The lowest BCUT2D eigenvalue weighted by atomic mass is 10.1. The summed E-state index contributed by atoms with van der Waals surface area (Å²) in [5, 5.41) is 2.80. The molecule has 1 aliphatic heterocycles. The number of carbonyl (C=O) groups is 3. The summed E-state index contributed by atoms with van der Waals surface area (Å²) in [4.78, 5) is 38.8. The summed E-state index contributed by atoms with van der Waals surface area (Å²) in [7, 11) is 0. The Balaban J connectivity index is 1.40. The molecular weight excluding hydrogens is 392 g/mol. The zero-order valence-electron chi connectivity index (χ0n) is 17.3. The van der Waals surface area contributed by atoms with Crippen LogP contribution in [0.25, 0.3) is 0 Å². The minimum absolute atomic E-state index is 0.171. The zero-order chi connectivity index (χ0) is 22.0. The minimum atomic E-state index is -0.369. The van der Waals surface area contributed by atoms with Gasteiger partial charge in [-0.05, 0) is 61.4 Å². The van der Waals surface area contributed by atoms with Crippen molar-refractivity contribution >= 4 is 29.1 Å². The van der Waals surface area contributed by atoms with Gasteiger partial charge in [-0.25, -0.2) is 4.90 Å². The van der Waals surface area contributed by atoms with Crippen molar-refractivity contribution in [3.05, 3.63) is 89.0 Å². The molecule has 6 nitrogen and oxygen atoms in total. The van der Waals surface area contributed by atoms with Gasteiger partial charge in [0.05, 0.1) is 29.8 Å². The topological polar surface area (TPSA) is 75.7 Å². The van der Waals surface area contributed by atoms with Gasteiger partial charge in [-0.15, -0.1) is 0 Å². The van der Waals surface area contributed by atoms with Crippen molar-refractivity contribution in [1.82, 2.24) is 0 Å². The Labute approximate surface area is 180 Å². The standard InChI is InChI=1S/C25H22N2O4/c1-16-7-5-12-22(17(16)2)31-14-13-23(28)26-18-8-6-9-19(15-18)27-24(29)20-10-3-4-11-21(20)25(27)30/h3-12,15H,13-14H2,1-2H3,(H,26,28). The molecule has 31 heavy (non-hydrogen) atoms. The summed E-state index contributed by atoms with van der Waals surface area (Å²) in [6.45, 7) is 4.24. The third kappa shape index (κ3) is 4.05. The maximum Gasteiger partial charge on any atom is 0.266 e. The smallest absolute Gasteiger partial charge is 0.266 e. The summed E-state index contributed by atoms with van der Waals surface area (Å²) >= 11 is 0. The largest absolute Gasteiger partial charge is 0.493 e. The molecule has 0 aromatic heterocycles. The SMILES string of the molecule is Cc1cccc(OCCC(=O)Nc2cccc(N3C(=O)c4ccccc4C3=O)c2)c1C. The van der Waals surface area contributed by atoms with E-state index in [1.54, 1.807) is 48.5 Å². The Hall–Kier alpha value is -3.93. The van der Waals surface area contributed by atoms with Crippen LogP contribution >= 0.6 is 0 Å². The van der Waals surface area contributed by atoms with Crippen molar-refractivity contribution in [3.8, 4) is 5.75 Å². The highest BCUT2D eigenvalue weighted by Crippen LogP contribution is 2.29. The number of rotatable bonds is 6. The Kier molecular flexibility index (Phi) is 5.54.